The highest BCUT2D eigenvalue weighted by molar-refractivity contribution is 8.00. The monoisotopic (exact) mass is 904 g/mol. The summed E-state index contributed by atoms with van der Waals surface area (Å²) < 4.78 is 82.0. The molecule has 0 saturated heterocycles. The van der Waals surface area contributed by atoms with Gasteiger partial charge in [-0.05, 0) is 79.4 Å². The van der Waals surface area contributed by atoms with Crippen molar-refractivity contribution in [3.05, 3.63) is 92.7 Å². The van der Waals surface area contributed by atoms with Crippen LogP contribution in [0.4, 0.5) is 36.3 Å². The molecular formula is C39H38F6N2O10S3. The summed E-state index contributed by atoms with van der Waals surface area (Å²) in [5.41, 5.74) is 0.850. The van der Waals surface area contributed by atoms with Gasteiger partial charge in [-0.15, -0.1) is 47.6 Å². The maximum Gasteiger partial charge on any atom is 0.573 e. The first-order valence-corrected chi connectivity index (χ1v) is 20.5. The Morgan fingerprint density at radius 3 is 1.57 bits per heavy atom. The second kappa shape index (κ2) is 22.3. The summed E-state index contributed by atoms with van der Waals surface area (Å²) in [4.78, 5) is 73.0. The molecule has 2 amide bonds. The zero-order valence-corrected chi connectivity index (χ0v) is 34.4. The molecular weight excluding hydrogens is 867 g/mol. The van der Waals surface area contributed by atoms with Crippen LogP contribution in [0.5, 0.6) is 11.5 Å². The number of aliphatic carboxylic acids is 2. The maximum atomic E-state index is 12.9. The van der Waals surface area contributed by atoms with Gasteiger partial charge in [0.25, 0.3) is 0 Å². The van der Waals surface area contributed by atoms with E-state index in [1.165, 1.54) is 59.1 Å². The van der Waals surface area contributed by atoms with Crippen LogP contribution in [-0.2, 0) is 32.0 Å². The lowest BCUT2D eigenvalue weighted by atomic mass is 10.0. The Morgan fingerprint density at radius 2 is 1.15 bits per heavy atom. The van der Waals surface area contributed by atoms with Crippen LogP contribution < -0.4 is 20.1 Å². The van der Waals surface area contributed by atoms with Crippen LogP contribution in [0.15, 0.2) is 60.7 Å². The molecule has 60 heavy (non-hydrogen) atoms. The minimum atomic E-state index is -4.83. The van der Waals surface area contributed by atoms with Gasteiger partial charge in [0.05, 0.1) is 22.6 Å². The van der Waals surface area contributed by atoms with Crippen molar-refractivity contribution in [2.75, 3.05) is 28.7 Å². The molecule has 0 bridgehead atoms. The van der Waals surface area contributed by atoms with Crippen LogP contribution in [0.1, 0.15) is 75.2 Å². The molecule has 12 nitrogen and oxygen atoms in total. The summed E-state index contributed by atoms with van der Waals surface area (Å²) in [5, 5.41) is 23.4. The van der Waals surface area contributed by atoms with Gasteiger partial charge >= 0.3 is 24.5 Å². The van der Waals surface area contributed by atoms with E-state index in [0.717, 1.165) is 33.6 Å². The van der Waals surface area contributed by atoms with Gasteiger partial charge in [0, 0.05) is 33.7 Å². The van der Waals surface area contributed by atoms with E-state index in [2.05, 4.69) is 20.1 Å². The molecule has 21 heteroatoms. The van der Waals surface area contributed by atoms with Crippen molar-refractivity contribution in [1.29, 1.82) is 0 Å². The highest BCUT2D eigenvalue weighted by Gasteiger charge is 2.31. The molecule has 0 radical (unpaired) electrons. The quantitative estimate of drug-likeness (QED) is 0.0520. The number of ketones is 2. The number of halogens is 6. The Balaban J connectivity index is 0.000000320. The van der Waals surface area contributed by atoms with Gasteiger partial charge < -0.3 is 30.3 Å². The minimum absolute atomic E-state index is 0.0209. The number of ether oxygens (including phenoxy) is 2. The third-order valence-corrected chi connectivity index (χ3v) is 11.0. The van der Waals surface area contributed by atoms with E-state index in [1.807, 2.05) is 13.8 Å². The molecule has 0 saturated carbocycles. The molecule has 4 N–H and O–H groups in total. The third-order valence-electron chi connectivity index (χ3n) is 7.64. The molecule has 4 rings (SSSR count). The standard InChI is InChI=1S/C20H20F3NO5S.C19H18F3NO5S2/c1-3-14-10-15(19(30-14)24-16(25)8-11(2)9-17(26)27)18(28)12-4-6-13(7-5-12)29-20(21,22)23;1-2-13-7-14(18(30-13)23-15(24)8-29-9-16(25)26)17(27)11-3-5-12(6-4-11)28-10-19(20,21)22/h4-7,10-11H,3,8-9H2,1-2H3,(H,24,25)(H,26,27);3-7H,2,8-10H2,1H3,(H,23,24)(H,25,26). The average Bonchev–Trinajstić information content (AvgIpc) is 3.76. The number of nitrogens with one attached hydrogen (secondary N) is 2. The van der Waals surface area contributed by atoms with Crippen LogP contribution in [-0.4, -0.2) is 76.2 Å². The lowest BCUT2D eigenvalue weighted by molar-refractivity contribution is -0.274. The molecule has 1 unspecified atom stereocenters. The first kappa shape index (κ1) is 49.0. The molecule has 0 aliphatic rings. The summed E-state index contributed by atoms with van der Waals surface area (Å²) in [6.45, 7) is 3.97. The topological polar surface area (TPSA) is 185 Å². The Labute approximate surface area is 351 Å². The number of carbonyl (C=O) groups excluding carboxylic acids is 4. The van der Waals surface area contributed by atoms with Crippen molar-refractivity contribution in [3.63, 3.8) is 0 Å². The number of thiophene rings is 2. The zero-order chi connectivity index (χ0) is 44.8. The maximum absolute atomic E-state index is 12.9. The smallest absolute Gasteiger partial charge is 0.484 e. The fourth-order valence-corrected chi connectivity index (χ4v) is 7.55. The number of thioether (sulfide) groups is 1. The first-order valence-electron chi connectivity index (χ1n) is 17.7. The van der Waals surface area contributed by atoms with E-state index >= 15 is 0 Å². The second-order valence-corrected chi connectivity index (χ2v) is 15.9. The van der Waals surface area contributed by atoms with Gasteiger partial charge in [-0.1, -0.05) is 20.8 Å². The number of anilines is 2. The Bertz CT molecular complexity index is 2130. The fraction of sp³-hybridized carbons (Fsp3) is 0.333. The van der Waals surface area contributed by atoms with Crippen LogP contribution in [0, 0.1) is 5.92 Å². The minimum Gasteiger partial charge on any atom is -0.484 e. The lowest BCUT2D eigenvalue weighted by Crippen LogP contribution is -2.19. The van der Waals surface area contributed by atoms with Gasteiger partial charge in [-0.2, -0.15) is 13.2 Å². The number of benzene rings is 2. The predicted octanol–water partition coefficient (Wildman–Crippen LogP) is 9.12. The Kier molecular flexibility index (Phi) is 18.2. The van der Waals surface area contributed by atoms with E-state index in [9.17, 15) is 55.1 Å². The van der Waals surface area contributed by atoms with E-state index < -0.39 is 60.2 Å². The highest BCUT2D eigenvalue weighted by atomic mass is 32.2. The molecule has 0 fully saturated rings. The van der Waals surface area contributed by atoms with Gasteiger partial charge in [0.15, 0.2) is 18.2 Å². The molecule has 2 aromatic carbocycles. The van der Waals surface area contributed by atoms with Gasteiger partial charge in [0.2, 0.25) is 11.8 Å². The summed E-state index contributed by atoms with van der Waals surface area (Å²) in [6.07, 6.45) is -8.21. The van der Waals surface area contributed by atoms with Crippen LogP contribution in [0.2, 0.25) is 0 Å². The van der Waals surface area contributed by atoms with E-state index in [0.29, 0.717) is 22.8 Å². The molecule has 2 heterocycles. The fourth-order valence-electron chi connectivity index (χ4n) is 5.00. The van der Waals surface area contributed by atoms with Crippen molar-refractivity contribution >= 4 is 79.8 Å². The number of hydrogen-bond donors (Lipinski definition) is 4. The van der Waals surface area contributed by atoms with Crippen LogP contribution >= 0.6 is 34.4 Å². The van der Waals surface area contributed by atoms with Gasteiger partial charge in [-0.3, -0.25) is 28.8 Å². The highest BCUT2D eigenvalue weighted by Crippen LogP contribution is 2.33. The molecule has 4 aromatic rings. The molecule has 0 aliphatic heterocycles. The summed E-state index contributed by atoms with van der Waals surface area (Å²) in [5.74, 6) is -4.89. The number of carboxylic acid groups (broad SMARTS) is 2. The number of alkyl halides is 6. The molecule has 324 valence electrons. The number of carboxylic acids is 2. The Morgan fingerprint density at radius 1 is 0.683 bits per heavy atom. The van der Waals surface area contributed by atoms with Crippen molar-refractivity contribution in [3.8, 4) is 11.5 Å². The SMILES string of the molecule is CCc1cc(C(=O)c2ccc(OC(F)(F)F)cc2)c(NC(=O)CC(C)CC(=O)O)s1.CCc1cc(C(=O)c2ccc(OCC(F)(F)F)cc2)c(NC(=O)CSCC(=O)O)s1. The van der Waals surface area contributed by atoms with Crippen molar-refractivity contribution in [1.82, 2.24) is 0 Å². The summed E-state index contributed by atoms with van der Waals surface area (Å²) in [7, 11) is 0. The number of amides is 2. The zero-order valence-electron chi connectivity index (χ0n) is 32.0. The summed E-state index contributed by atoms with van der Waals surface area (Å²) in [6, 6.07) is 13.0. The van der Waals surface area contributed by atoms with E-state index in [1.54, 1.807) is 19.1 Å². The van der Waals surface area contributed by atoms with Gasteiger partial charge in [0.1, 0.15) is 21.5 Å². The van der Waals surface area contributed by atoms with Crippen molar-refractivity contribution in [2.24, 2.45) is 5.92 Å². The first-order chi connectivity index (χ1) is 28.1. The van der Waals surface area contributed by atoms with Crippen molar-refractivity contribution < 1.29 is 74.8 Å². The average molecular weight is 905 g/mol. The second-order valence-electron chi connectivity index (χ2n) is 12.7. The van der Waals surface area contributed by atoms with E-state index in [4.69, 9.17) is 10.2 Å². The van der Waals surface area contributed by atoms with Crippen molar-refractivity contribution in [2.45, 2.75) is 59.0 Å². The molecule has 1 atom stereocenters. The predicted molar refractivity (Wildman–Crippen MR) is 214 cm³/mol. The summed E-state index contributed by atoms with van der Waals surface area (Å²) >= 11 is 3.39. The van der Waals surface area contributed by atoms with E-state index in [-0.39, 0.29) is 58.3 Å². The lowest BCUT2D eigenvalue weighted by Gasteiger charge is -2.10. The number of hydrogen-bond acceptors (Lipinski definition) is 11. The largest absolute Gasteiger partial charge is 0.573 e. The number of rotatable bonds is 19. The van der Waals surface area contributed by atoms with Crippen LogP contribution in [0.25, 0.3) is 0 Å². The molecule has 0 spiro atoms. The van der Waals surface area contributed by atoms with Gasteiger partial charge in [-0.25, -0.2) is 0 Å². The molecule has 2 aromatic heterocycles. The Hall–Kier alpha value is -5.41. The van der Waals surface area contributed by atoms with Crippen LogP contribution in [0.3, 0.4) is 0 Å². The normalized spacial score (nSPS) is 11.8. The molecule has 0 aliphatic carbocycles. The number of aryl methyl sites for hydroxylation is 2. The number of carbonyl (C=O) groups is 6. The third kappa shape index (κ3) is 16.7.